The normalized spacial score (nSPS) is 11.5. The molecule has 0 aliphatic rings. The van der Waals surface area contributed by atoms with Gasteiger partial charge in [0.1, 0.15) is 11.6 Å². The molecule has 0 radical (unpaired) electrons. The Morgan fingerprint density at radius 3 is 2.22 bits per heavy atom. The van der Waals surface area contributed by atoms with E-state index in [-0.39, 0.29) is 15.9 Å². The van der Waals surface area contributed by atoms with Crippen LogP contribution in [0.2, 0.25) is 5.02 Å². The van der Waals surface area contributed by atoms with Crippen LogP contribution in [-0.4, -0.2) is 31.1 Å². The number of amides is 1. The maximum Gasteiger partial charge on any atom is 0.264 e. The predicted octanol–water partition coefficient (Wildman–Crippen LogP) is 6.12. The zero-order valence-electron chi connectivity index (χ0n) is 20.0. The third-order valence-corrected chi connectivity index (χ3v) is 8.43. The number of carbonyl (C=O) groups is 1. The third-order valence-electron chi connectivity index (χ3n) is 5.51. The van der Waals surface area contributed by atoms with Crippen LogP contribution in [0.15, 0.2) is 77.7 Å². The van der Waals surface area contributed by atoms with Gasteiger partial charge in [0, 0.05) is 10.6 Å². The van der Waals surface area contributed by atoms with Crippen molar-refractivity contribution >= 4 is 49.7 Å². The molecule has 0 atom stereocenters. The summed E-state index contributed by atoms with van der Waals surface area (Å²) in [5, 5.41) is 12.3. The molecule has 0 aliphatic heterocycles. The molecule has 1 amide bonds. The Morgan fingerprint density at radius 2 is 1.61 bits per heavy atom. The maximum atomic E-state index is 13.6. The zero-order valence-corrected chi connectivity index (χ0v) is 22.4. The minimum absolute atomic E-state index is 0.106. The SMILES string of the molecule is Cc1ccc(S(=O)(=O)N(CC(=O)Nc2nnc(-c3ccc(Cl)cc3)s2)c2ccc(C(C)C)cc2)cc1. The van der Waals surface area contributed by atoms with Gasteiger partial charge in [0.05, 0.1) is 10.6 Å². The first-order chi connectivity index (χ1) is 17.1. The molecular weight excluding hydrogens is 516 g/mol. The van der Waals surface area contributed by atoms with Gasteiger partial charge in [0.25, 0.3) is 10.0 Å². The molecule has 4 rings (SSSR count). The van der Waals surface area contributed by atoms with Crippen molar-refractivity contribution < 1.29 is 13.2 Å². The Labute approximate surface area is 219 Å². The van der Waals surface area contributed by atoms with Crippen LogP contribution in [-0.2, 0) is 14.8 Å². The molecule has 0 saturated heterocycles. The number of rotatable bonds is 8. The van der Waals surface area contributed by atoms with E-state index in [0.717, 1.165) is 21.0 Å². The van der Waals surface area contributed by atoms with E-state index in [4.69, 9.17) is 11.6 Å². The average Bonchev–Trinajstić information content (AvgIpc) is 3.31. The first-order valence-corrected chi connectivity index (χ1v) is 13.9. The van der Waals surface area contributed by atoms with Crippen LogP contribution in [0.4, 0.5) is 10.8 Å². The Hall–Kier alpha value is -3.27. The summed E-state index contributed by atoms with van der Waals surface area (Å²) in [6, 6.07) is 20.8. The van der Waals surface area contributed by atoms with Gasteiger partial charge in [-0.15, -0.1) is 10.2 Å². The lowest BCUT2D eigenvalue weighted by molar-refractivity contribution is -0.114. The van der Waals surface area contributed by atoms with Crippen molar-refractivity contribution in [1.29, 1.82) is 0 Å². The highest BCUT2D eigenvalue weighted by Crippen LogP contribution is 2.29. The molecule has 0 aliphatic carbocycles. The van der Waals surface area contributed by atoms with E-state index in [9.17, 15) is 13.2 Å². The molecule has 186 valence electrons. The number of halogens is 1. The van der Waals surface area contributed by atoms with Gasteiger partial charge in [-0.3, -0.25) is 14.4 Å². The van der Waals surface area contributed by atoms with Crippen LogP contribution >= 0.6 is 22.9 Å². The topological polar surface area (TPSA) is 92.3 Å². The summed E-state index contributed by atoms with van der Waals surface area (Å²) >= 11 is 7.13. The molecule has 0 unspecified atom stereocenters. The van der Waals surface area contributed by atoms with E-state index < -0.39 is 22.5 Å². The Balaban J connectivity index is 1.59. The minimum atomic E-state index is -4.01. The fraction of sp³-hybridized carbons (Fsp3) is 0.192. The lowest BCUT2D eigenvalue weighted by Gasteiger charge is -2.24. The van der Waals surface area contributed by atoms with Gasteiger partial charge in [-0.05, 0) is 54.8 Å². The lowest BCUT2D eigenvalue weighted by atomic mass is 10.0. The molecule has 0 bridgehead atoms. The van der Waals surface area contributed by atoms with E-state index in [1.807, 2.05) is 31.2 Å². The molecule has 10 heteroatoms. The highest BCUT2D eigenvalue weighted by molar-refractivity contribution is 7.92. The molecule has 0 saturated carbocycles. The van der Waals surface area contributed by atoms with Gasteiger partial charge in [0.2, 0.25) is 11.0 Å². The summed E-state index contributed by atoms with van der Waals surface area (Å²) in [5.41, 5.74) is 3.22. The van der Waals surface area contributed by atoms with Crippen LogP contribution < -0.4 is 9.62 Å². The van der Waals surface area contributed by atoms with E-state index >= 15 is 0 Å². The monoisotopic (exact) mass is 540 g/mol. The average molecular weight is 541 g/mol. The van der Waals surface area contributed by atoms with E-state index in [0.29, 0.717) is 15.7 Å². The van der Waals surface area contributed by atoms with Crippen molar-refractivity contribution in [2.75, 3.05) is 16.2 Å². The van der Waals surface area contributed by atoms with Gasteiger partial charge in [-0.1, -0.05) is 78.7 Å². The molecule has 36 heavy (non-hydrogen) atoms. The molecule has 3 aromatic carbocycles. The molecule has 1 N–H and O–H groups in total. The smallest absolute Gasteiger partial charge is 0.264 e. The second-order valence-corrected chi connectivity index (χ2v) is 11.8. The maximum absolute atomic E-state index is 13.6. The van der Waals surface area contributed by atoms with E-state index in [1.54, 1.807) is 48.5 Å². The van der Waals surface area contributed by atoms with Crippen molar-refractivity contribution in [3.8, 4) is 10.6 Å². The van der Waals surface area contributed by atoms with E-state index in [2.05, 4.69) is 29.4 Å². The van der Waals surface area contributed by atoms with Crippen LogP contribution in [0.3, 0.4) is 0 Å². The molecule has 1 aromatic heterocycles. The highest BCUT2D eigenvalue weighted by Gasteiger charge is 2.27. The number of sulfonamides is 1. The van der Waals surface area contributed by atoms with Crippen LogP contribution in [0.25, 0.3) is 10.6 Å². The largest absolute Gasteiger partial charge is 0.299 e. The quantitative estimate of drug-likeness (QED) is 0.290. The lowest BCUT2D eigenvalue weighted by Crippen LogP contribution is -2.38. The van der Waals surface area contributed by atoms with Crippen LogP contribution in [0.1, 0.15) is 30.9 Å². The predicted molar refractivity (Wildman–Crippen MR) is 145 cm³/mol. The Kier molecular flexibility index (Phi) is 7.73. The number of hydrogen-bond acceptors (Lipinski definition) is 6. The van der Waals surface area contributed by atoms with Gasteiger partial charge in [-0.2, -0.15) is 0 Å². The van der Waals surface area contributed by atoms with Crippen LogP contribution in [0, 0.1) is 6.92 Å². The molecule has 4 aromatic rings. The number of aromatic nitrogens is 2. The highest BCUT2D eigenvalue weighted by atomic mass is 35.5. The number of nitrogens with one attached hydrogen (secondary N) is 1. The summed E-state index contributed by atoms with van der Waals surface area (Å²) in [6.07, 6.45) is 0. The number of aryl methyl sites for hydroxylation is 1. The third kappa shape index (κ3) is 5.92. The fourth-order valence-corrected chi connectivity index (χ4v) is 5.76. The fourth-order valence-electron chi connectivity index (χ4n) is 3.45. The van der Waals surface area contributed by atoms with Crippen molar-refractivity contribution in [2.24, 2.45) is 0 Å². The minimum Gasteiger partial charge on any atom is -0.299 e. The van der Waals surface area contributed by atoms with Gasteiger partial charge >= 0.3 is 0 Å². The summed E-state index contributed by atoms with van der Waals surface area (Å²) < 4.78 is 28.3. The molecule has 1 heterocycles. The number of benzene rings is 3. The molecular formula is C26H25ClN4O3S2. The van der Waals surface area contributed by atoms with Gasteiger partial charge in [0.15, 0.2) is 0 Å². The number of carbonyl (C=O) groups excluding carboxylic acids is 1. The Morgan fingerprint density at radius 1 is 0.972 bits per heavy atom. The molecule has 7 nitrogen and oxygen atoms in total. The van der Waals surface area contributed by atoms with E-state index in [1.165, 1.54) is 11.3 Å². The summed E-state index contributed by atoms with van der Waals surface area (Å²) in [7, 11) is -4.01. The zero-order chi connectivity index (χ0) is 25.9. The molecule has 0 spiro atoms. The van der Waals surface area contributed by atoms with Gasteiger partial charge in [-0.25, -0.2) is 8.42 Å². The number of hydrogen-bond donors (Lipinski definition) is 1. The van der Waals surface area contributed by atoms with Gasteiger partial charge < -0.3 is 0 Å². The first kappa shape index (κ1) is 25.8. The number of anilines is 2. The summed E-state index contributed by atoms with van der Waals surface area (Å²) in [6.45, 7) is 5.58. The van der Waals surface area contributed by atoms with Crippen molar-refractivity contribution in [3.05, 3.63) is 88.9 Å². The van der Waals surface area contributed by atoms with Crippen LogP contribution in [0.5, 0.6) is 0 Å². The second-order valence-electron chi connectivity index (χ2n) is 8.54. The van der Waals surface area contributed by atoms with Crippen molar-refractivity contribution in [2.45, 2.75) is 31.6 Å². The van der Waals surface area contributed by atoms with Crippen molar-refractivity contribution in [1.82, 2.24) is 10.2 Å². The second kappa shape index (κ2) is 10.8. The standard InChI is InChI=1S/C26H25ClN4O3S2/c1-17(2)19-8-12-22(13-9-19)31(36(33,34)23-14-4-18(3)5-15-23)16-24(32)28-26-30-29-25(35-26)20-6-10-21(27)11-7-20/h4-15,17H,16H2,1-3H3,(H,28,30,32). The summed E-state index contributed by atoms with van der Waals surface area (Å²) in [4.78, 5) is 13.1. The first-order valence-electron chi connectivity index (χ1n) is 11.2. The number of nitrogens with zero attached hydrogens (tertiary/aromatic N) is 3. The summed E-state index contributed by atoms with van der Waals surface area (Å²) in [5.74, 6) is -0.242. The van der Waals surface area contributed by atoms with Crippen molar-refractivity contribution in [3.63, 3.8) is 0 Å². The molecule has 0 fully saturated rings. The Bertz CT molecular complexity index is 1450.